The molecule has 0 saturated carbocycles. The first-order valence-corrected chi connectivity index (χ1v) is 9.91. The monoisotopic (exact) mass is 371 g/mol. The molecule has 2 fully saturated rings. The molecule has 2 N–H and O–H groups in total. The molecule has 0 bridgehead atoms. The molecular weight excluding hydrogens is 342 g/mol. The van der Waals surface area contributed by atoms with Gasteiger partial charge in [-0.2, -0.15) is 0 Å². The molecule has 2 aromatic rings. The Morgan fingerprint density at radius 2 is 2.19 bits per heavy atom. The molecule has 2 aliphatic rings. The second kappa shape index (κ2) is 8.27. The summed E-state index contributed by atoms with van der Waals surface area (Å²) in [5.41, 5.74) is 2.05. The van der Waals surface area contributed by atoms with Gasteiger partial charge in [0.2, 0.25) is 0 Å². The number of carbonyl (C=O) groups is 1. The Bertz CT molecular complexity index is 738. The Morgan fingerprint density at radius 3 is 3.00 bits per heavy atom. The SMILES string of the molecule is COCCN1CCC[C@@H](CNC(=O)N2CC(c3nc4ccccc4[nH]3)C2)C1. The molecular formula is C20H29N5O2. The summed E-state index contributed by atoms with van der Waals surface area (Å²) in [4.78, 5) is 24.8. The first-order valence-electron chi connectivity index (χ1n) is 9.91. The number of nitrogens with one attached hydrogen (secondary N) is 2. The summed E-state index contributed by atoms with van der Waals surface area (Å²) in [5.74, 6) is 1.83. The van der Waals surface area contributed by atoms with E-state index in [1.807, 2.05) is 29.2 Å². The summed E-state index contributed by atoms with van der Waals surface area (Å²) in [5, 5.41) is 3.13. The number of piperidine rings is 1. The van der Waals surface area contributed by atoms with Gasteiger partial charge in [0.1, 0.15) is 5.82 Å². The Hall–Kier alpha value is -2.12. The van der Waals surface area contributed by atoms with Crippen LogP contribution in [0.25, 0.3) is 11.0 Å². The Labute approximate surface area is 160 Å². The number of methoxy groups -OCH3 is 1. The average molecular weight is 371 g/mol. The van der Waals surface area contributed by atoms with Crippen molar-refractivity contribution in [1.82, 2.24) is 25.1 Å². The summed E-state index contributed by atoms with van der Waals surface area (Å²) in [6, 6.07) is 8.10. The lowest BCUT2D eigenvalue weighted by Gasteiger charge is -2.39. The number of carbonyl (C=O) groups excluding carboxylic acids is 1. The van der Waals surface area contributed by atoms with Crippen molar-refractivity contribution >= 4 is 17.1 Å². The van der Waals surface area contributed by atoms with Crippen LogP contribution < -0.4 is 5.32 Å². The van der Waals surface area contributed by atoms with Gasteiger partial charge in [0.25, 0.3) is 0 Å². The topological polar surface area (TPSA) is 73.5 Å². The van der Waals surface area contributed by atoms with E-state index in [4.69, 9.17) is 4.74 Å². The number of rotatable bonds is 6. The quantitative estimate of drug-likeness (QED) is 0.815. The number of para-hydroxylation sites is 2. The van der Waals surface area contributed by atoms with Gasteiger partial charge in [-0.25, -0.2) is 9.78 Å². The zero-order valence-electron chi connectivity index (χ0n) is 16.0. The Balaban J connectivity index is 1.21. The molecule has 0 unspecified atom stereocenters. The van der Waals surface area contributed by atoms with Crippen molar-refractivity contribution in [2.24, 2.45) is 5.92 Å². The van der Waals surface area contributed by atoms with Gasteiger partial charge in [0.15, 0.2) is 0 Å². The predicted octanol–water partition coefficient (Wildman–Crippen LogP) is 2.03. The van der Waals surface area contributed by atoms with Crippen molar-refractivity contribution in [2.45, 2.75) is 18.8 Å². The normalized spacial score (nSPS) is 21.4. The summed E-state index contributed by atoms with van der Waals surface area (Å²) >= 11 is 0. The van der Waals surface area contributed by atoms with Crippen molar-refractivity contribution in [2.75, 3.05) is 53.0 Å². The van der Waals surface area contributed by atoms with E-state index in [0.717, 1.165) is 62.7 Å². The van der Waals surface area contributed by atoms with Crippen LogP contribution in [0.5, 0.6) is 0 Å². The molecule has 1 atom stereocenters. The van der Waals surface area contributed by atoms with Crippen LogP contribution in [0, 0.1) is 5.92 Å². The molecule has 7 heteroatoms. The van der Waals surface area contributed by atoms with Gasteiger partial charge >= 0.3 is 6.03 Å². The lowest BCUT2D eigenvalue weighted by molar-refractivity contribution is 0.111. The second-order valence-corrected chi connectivity index (χ2v) is 7.73. The molecule has 7 nitrogen and oxygen atoms in total. The lowest BCUT2D eigenvalue weighted by Crippen LogP contribution is -2.54. The fourth-order valence-electron chi connectivity index (χ4n) is 4.07. The molecule has 2 amide bonds. The molecule has 1 aromatic carbocycles. The van der Waals surface area contributed by atoms with E-state index < -0.39 is 0 Å². The molecule has 2 saturated heterocycles. The number of likely N-dealkylation sites (tertiary alicyclic amines) is 2. The van der Waals surface area contributed by atoms with Crippen molar-refractivity contribution < 1.29 is 9.53 Å². The smallest absolute Gasteiger partial charge is 0.317 e. The van der Waals surface area contributed by atoms with E-state index in [0.29, 0.717) is 11.8 Å². The first-order chi connectivity index (χ1) is 13.2. The van der Waals surface area contributed by atoms with Crippen LogP contribution in [0.15, 0.2) is 24.3 Å². The van der Waals surface area contributed by atoms with Gasteiger partial charge in [-0.05, 0) is 37.4 Å². The third kappa shape index (κ3) is 4.25. The minimum atomic E-state index is 0.0522. The predicted molar refractivity (Wildman–Crippen MR) is 105 cm³/mol. The minimum absolute atomic E-state index is 0.0522. The van der Waals surface area contributed by atoms with Crippen molar-refractivity contribution in [3.63, 3.8) is 0 Å². The van der Waals surface area contributed by atoms with Crippen LogP contribution in [0.3, 0.4) is 0 Å². The Morgan fingerprint density at radius 1 is 1.33 bits per heavy atom. The van der Waals surface area contributed by atoms with Crippen molar-refractivity contribution in [3.05, 3.63) is 30.1 Å². The molecule has 2 aliphatic heterocycles. The van der Waals surface area contributed by atoms with E-state index >= 15 is 0 Å². The molecule has 0 aliphatic carbocycles. The lowest BCUT2D eigenvalue weighted by atomic mass is 9.97. The maximum atomic E-state index is 12.4. The van der Waals surface area contributed by atoms with E-state index in [-0.39, 0.29) is 6.03 Å². The number of hydrogen-bond acceptors (Lipinski definition) is 4. The third-order valence-electron chi connectivity index (χ3n) is 5.72. The largest absolute Gasteiger partial charge is 0.383 e. The van der Waals surface area contributed by atoms with Crippen LogP contribution in [0.2, 0.25) is 0 Å². The van der Waals surface area contributed by atoms with Gasteiger partial charge in [0, 0.05) is 39.8 Å². The summed E-state index contributed by atoms with van der Waals surface area (Å²) in [6.07, 6.45) is 2.38. The molecule has 1 aromatic heterocycles. The number of benzene rings is 1. The van der Waals surface area contributed by atoms with Gasteiger partial charge in [-0.3, -0.25) is 0 Å². The molecule has 4 rings (SSSR count). The fraction of sp³-hybridized carbons (Fsp3) is 0.600. The van der Waals surface area contributed by atoms with Crippen LogP contribution in [0.1, 0.15) is 24.6 Å². The van der Waals surface area contributed by atoms with Crippen LogP contribution in [0.4, 0.5) is 4.79 Å². The third-order valence-corrected chi connectivity index (χ3v) is 5.72. The highest BCUT2D eigenvalue weighted by Crippen LogP contribution is 2.26. The van der Waals surface area contributed by atoms with Crippen molar-refractivity contribution in [1.29, 1.82) is 0 Å². The standard InChI is InChI=1S/C20H29N5O2/c1-27-10-9-24-8-4-5-15(12-24)11-21-20(26)25-13-16(14-25)19-22-17-6-2-3-7-18(17)23-19/h2-3,6-7,15-16H,4-5,8-14H2,1H3,(H,21,26)(H,22,23)/t15-/m0/s1. The van der Waals surface area contributed by atoms with Gasteiger partial charge in [0.05, 0.1) is 23.6 Å². The molecule has 0 radical (unpaired) electrons. The second-order valence-electron chi connectivity index (χ2n) is 7.73. The summed E-state index contributed by atoms with van der Waals surface area (Å²) in [6.45, 7) is 6.16. The van der Waals surface area contributed by atoms with E-state index in [2.05, 4.69) is 20.2 Å². The maximum Gasteiger partial charge on any atom is 0.317 e. The minimum Gasteiger partial charge on any atom is -0.383 e. The number of amides is 2. The van der Waals surface area contributed by atoms with Gasteiger partial charge < -0.3 is 24.8 Å². The number of aromatic amines is 1. The zero-order chi connectivity index (χ0) is 18.6. The number of hydrogen-bond donors (Lipinski definition) is 2. The van der Waals surface area contributed by atoms with Gasteiger partial charge in [-0.15, -0.1) is 0 Å². The number of nitrogens with zero attached hydrogens (tertiary/aromatic N) is 3. The number of H-pyrrole nitrogens is 1. The number of ether oxygens (including phenoxy) is 1. The molecule has 0 spiro atoms. The summed E-state index contributed by atoms with van der Waals surface area (Å²) < 4.78 is 5.17. The Kier molecular flexibility index (Phi) is 5.59. The first kappa shape index (κ1) is 18.3. The van der Waals surface area contributed by atoms with Crippen molar-refractivity contribution in [3.8, 4) is 0 Å². The van der Waals surface area contributed by atoms with Crippen LogP contribution in [-0.2, 0) is 4.74 Å². The molecule has 27 heavy (non-hydrogen) atoms. The van der Waals surface area contributed by atoms with E-state index in [1.165, 1.54) is 12.8 Å². The average Bonchev–Trinajstić information content (AvgIpc) is 3.07. The molecule has 3 heterocycles. The highest BCUT2D eigenvalue weighted by Gasteiger charge is 2.34. The number of aromatic nitrogens is 2. The summed E-state index contributed by atoms with van der Waals surface area (Å²) in [7, 11) is 1.74. The highest BCUT2D eigenvalue weighted by molar-refractivity contribution is 5.76. The maximum absolute atomic E-state index is 12.4. The number of imidazole rings is 1. The number of urea groups is 1. The highest BCUT2D eigenvalue weighted by atomic mass is 16.5. The van der Waals surface area contributed by atoms with E-state index in [9.17, 15) is 4.79 Å². The zero-order valence-corrected chi connectivity index (χ0v) is 16.0. The van der Waals surface area contributed by atoms with Crippen LogP contribution in [-0.4, -0.2) is 78.8 Å². The molecule has 146 valence electrons. The van der Waals surface area contributed by atoms with Crippen LogP contribution >= 0.6 is 0 Å². The number of fused-ring (bicyclic) bond motifs is 1. The van der Waals surface area contributed by atoms with Gasteiger partial charge in [-0.1, -0.05) is 12.1 Å². The fourth-order valence-corrected chi connectivity index (χ4v) is 4.07. The van der Waals surface area contributed by atoms with E-state index in [1.54, 1.807) is 7.11 Å².